The average molecular weight is 450 g/mol. The molecule has 5 rings (SSSR count). The number of amides is 2. The van der Waals surface area contributed by atoms with Gasteiger partial charge < -0.3 is 19.3 Å². The van der Waals surface area contributed by atoms with Gasteiger partial charge in [0.15, 0.2) is 0 Å². The standard InChI is InChI=1S/C26H31N3O4/c1-18(30)27-13-11-20(12-14-27)28-17-22-15-24(28)26(31)29(23-5-3-4-6-25(23)33-22)16-19-7-9-21(32-2)10-8-19/h3-10,20,22,24H,11-17H2,1-2H3/t22-,24-/m0/s1. The molecule has 0 N–H and O–H groups in total. The zero-order chi connectivity index (χ0) is 22.9. The highest BCUT2D eigenvalue weighted by atomic mass is 16.5. The van der Waals surface area contributed by atoms with E-state index < -0.39 is 0 Å². The molecule has 7 nitrogen and oxygen atoms in total. The molecule has 0 saturated carbocycles. The van der Waals surface area contributed by atoms with Crippen LogP contribution in [0.25, 0.3) is 0 Å². The third kappa shape index (κ3) is 4.29. The molecule has 174 valence electrons. The Hall–Kier alpha value is -3.06. The van der Waals surface area contributed by atoms with Crippen LogP contribution in [0.3, 0.4) is 0 Å². The van der Waals surface area contributed by atoms with E-state index in [0.717, 1.165) is 55.2 Å². The van der Waals surface area contributed by atoms with E-state index in [1.807, 2.05) is 58.3 Å². The molecule has 2 saturated heterocycles. The molecule has 0 spiro atoms. The first-order valence-corrected chi connectivity index (χ1v) is 11.7. The molecule has 2 aromatic rings. The first-order chi connectivity index (χ1) is 16.0. The summed E-state index contributed by atoms with van der Waals surface area (Å²) in [5, 5.41) is 0. The van der Waals surface area contributed by atoms with Crippen molar-refractivity contribution in [3.8, 4) is 11.5 Å². The van der Waals surface area contributed by atoms with Crippen molar-refractivity contribution in [1.82, 2.24) is 9.80 Å². The molecule has 0 aromatic heterocycles. The third-order valence-corrected chi connectivity index (χ3v) is 7.18. The zero-order valence-electron chi connectivity index (χ0n) is 19.3. The highest BCUT2D eigenvalue weighted by molar-refractivity contribution is 5.99. The Kier molecular flexibility index (Phi) is 5.98. The summed E-state index contributed by atoms with van der Waals surface area (Å²) in [5.74, 6) is 1.81. The van der Waals surface area contributed by atoms with E-state index in [9.17, 15) is 9.59 Å². The van der Waals surface area contributed by atoms with Gasteiger partial charge in [-0.1, -0.05) is 24.3 Å². The van der Waals surface area contributed by atoms with Gasteiger partial charge in [0.05, 0.1) is 25.4 Å². The molecule has 2 bridgehead atoms. The minimum Gasteiger partial charge on any atom is -0.497 e. The minimum atomic E-state index is -0.213. The lowest BCUT2D eigenvalue weighted by Gasteiger charge is -2.39. The average Bonchev–Trinajstić information content (AvgIpc) is 3.27. The number of benzene rings is 2. The SMILES string of the molecule is COc1ccc(CN2C(=O)[C@@H]3C[C@@H](CN3C3CCN(C(C)=O)CC3)Oc3ccccc32)cc1. The Morgan fingerprint density at radius 1 is 1.09 bits per heavy atom. The van der Waals surface area contributed by atoms with Gasteiger partial charge in [-0.05, 0) is 42.7 Å². The van der Waals surface area contributed by atoms with Crippen LogP contribution < -0.4 is 14.4 Å². The second-order valence-electron chi connectivity index (χ2n) is 9.17. The Bertz CT molecular complexity index is 1020. The smallest absolute Gasteiger partial charge is 0.244 e. The van der Waals surface area contributed by atoms with Gasteiger partial charge in [-0.15, -0.1) is 0 Å². The Morgan fingerprint density at radius 2 is 1.82 bits per heavy atom. The lowest BCUT2D eigenvalue weighted by molar-refractivity contribution is -0.131. The van der Waals surface area contributed by atoms with Crippen molar-refractivity contribution < 1.29 is 19.1 Å². The van der Waals surface area contributed by atoms with Gasteiger partial charge >= 0.3 is 0 Å². The summed E-state index contributed by atoms with van der Waals surface area (Å²) >= 11 is 0. The van der Waals surface area contributed by atoms with E-state index in [4.69, 9.17) is 9.47 Å². The largest absolute Gasteiger partial charge is 0.497 e. The van der Waals surface area contributed by atoms with Crippen LogP contribution in [0.1, 0.15) is 31.7 Å². The number of methoxy groups -OCH3 is 1. The van der Waals surface area contributed by atoms with Crippen molar-refractivity contribution in [3.05, 3.63) is 54.1 Å². The topological polar surface area (TPSA) is 62.3 Å². The highest BCUT2D eigenvalue weighted by Crippen LogP contribution is 2.38. The van der Waals surface area contributed by atoms with Gasteiger partial charge in [-0.2, -0.15) is 0 Å². The first kappa shape index (κ1) is 21.8. The predicted octanol–water partition coefficient (Wildman–Crippen LogP) is 3.07. The van der Waals surface area contributed by atoms with E-state index in [2.05, 4.69) is 4.90 Å². The molecular weight excluding hydrogens is 418 g/mol. The van der Waals surface area contributed by atoms with E-state index in [-0.39, 0.29) is 30.0 Å². The second kappa shape index (κ2) is 9.06. The number of carbonyl (C=O) groups excluding carboxylic acids is 2. The predicted molar refractivity (Wildman–Crippen MR) is 125 cm³/mol. The summed E-state index contributed by atoms with van der Waals surface area (Å²) in [5.41, 5.74) is 1.86. The summed E-state index contributed by atoms with van der Waals surface area (Å²) in [7, 11) is 1.65. The van der Waals surface area contributed by atoms with Crippen LogP contribution >= 0.6 is 0 Å². The summed E-state index contributed by atoms with van der Waals surface area (Å²) in [6.45, 7) is 4.34. The van der Waals surface area contributed by atoms with Crippen LogP contribution in [0.4, 0.5) is 5.69 Å². The summed E-state index contributed by atoms with van der Waals surface area (Å²) < 4.78 is 11.7. The molecule has 3 aliphatic heterocycles. The Balaban J connectivity index is 1.42. The Morgan fingerprint density at radius 3 is 2.52 bits per heavy atom. The molecule has 7 heteroatoms. The molecule has 2 amide bonds. The van der Waals surface area contributed by atoms with Crippen LogP contribution in [0.15, 0.2) is 48.5 Å². The molecule has 2 aromatic carbocycles. The summed E-state index contributed by atoms with van der Waals surface area (Å²) in [4.78, 5) is 31.9. The summed E-state index contributed by atoms with van der Waals surface area (Å²) in [6.07, 6.45) is 2.47. The van der Waals surface area contributed by atoms with Crippen molar-refractivity contribution in [3.63, 3.8) is 0 Å². The van der Waals surface area contributed by atoms with Gasteiger partial charge in [0.2, 0.25) is 11.8 Å². The quantitative estimate of drug-likeness (QED) is 0.718. The van der Waals surface area contributed by atoms with Gasteiger partial charge in [0, 0.05) is 39.0 Å². The molecule has 0 radical (unpaired) electrons. The van der Waals surface area contributed by atoms with Crippen LogP contribution in [-0.2, 0) is 16.1 Å². The number of para-hydroxylation sites is 2. The molecule has 3 aliphatic rings. The van der Waals surface area contributed by atoms with Crippen LogP contribution in [0, 0.1) is 0 Å². The van der Waals surface area contributed by atoms with Crippen LogP contribution in [0.2, 0.25) is 0 Å². The second-order valence-corrected chi connectivity index (χ2v) is 9.17. The third-order valence-electron chi connectivity index (χ3n) is 7.18. The number of anilines is 1. The summed E-state index contributed by atoms with van der Waals surface area (Å²) in [6, 6.07) is 15.8. The molecule has 2 fully saturated rings. The number of likely N-dealkylation sites (tertiary alicyclic amines) is 2. The molecule has 2 atom stereocenters. The number of piperidine rings is 1. The highest BCUT2D eigenvalue weighted by Gasteiger charge is 2.45. The maximum absolute atomic E-state index is 14.0. The van der Waals surface area contributed by atoms with Crippen molar-refractivity contribution in [2.24, 2.45) is 0 Å². The first-order valence-electron chi connectivity index (χ1n) is 11.7. The fraction of sp³-hybridized carbons (Fsp3) is 0.462. The van der Waals surface area contributed by atoms with E-state index in [0.29, 0.717) is 13.0 Å². The van der Waals surface area contributed by atoms with Crippen LogP contribution in [0.5, 0.6) is 11.5 Å². The fourth-order valence-corrected chi connectivity index (χ4v) is 5.40. The number of ether oxygens (including phenoxy) is 2. The normalized spacial score (nSPS) is 23.5. The number of fused-ring (bicyclic) bond motifs is 3. The lowest BCUT2D eigenvalue weighted by atomic mass is 10.0. The zero-order valence-corrected chi connectivity index (χ0v) is 19.3. The van der Waals surface area contributed by atoms with E-state index in [1.54, 1.807) is 14.0 Å². The minimum absolute atomic E-state index is 0.00549. The number of nitrogens with zero attached hydrogens (tertiary/aromatic N) is 3. The molecule has 33 heavy (non-hydrogen) atoms. The van der Waals surface area contributed by atoms with E-state index in [1.165, 1.54) is 0 Å². The maximum atomic E-state index is 14.0. The van der Waals surface area contributed by atoms with Crippen molar-refractivity contribution in [2.45, 2.75) is 50.9 Å². The number of hydrogen-bond acceptors (Lipinski definition) is 5. The number of rotatable bonds is 4. The molecular formula is C26H31N3O4. The van der Waals surface area contributed by atoms with Crippen molar-refractivity contribution in [1.29, 1.82) is 0 Å². The fourth-order valence-electron chi connectivity index (χ4n) is 5.40. The van der Waals surface area contributed by atoms with E-state index >= 15 is 0 Å². The maximum Gasteiger partial charge on any atom is 0.244 e. The van der Waals surface area contributed by atoms with Crippen LogP contribution in [-0.4, -0.2) is 66.5 Å². The van der Waals surface area contributed by atoms with Gasteiger partial charge in [-0.3, -0.25) is 14.5 Å². The number of hydrogen-bond donors (Lipinski definition) is 0. The van der Waals surface area contributed by atoms with Crippen molar-refractivity contribution in [2.75, 3.05) is 31.6 Å². The molecule has 0 unspecified atom stereocenters. The van der Waals surface area contributed by atoms with Crippen molar-refractivity contribution >= 4 is 17.5 Å². The van der Waals surface area contributed by atoms with Gasteiger partial charge in [0.1, 0.15) is 17.6 Å². The lowest BCUT2D eigenvalue weighted by Crippen LogP contribution is -2.52. The molecule has 0 aliphatic carbocycles. The number of carbonyl (C=O) groups is 2. The molecule has 3 heterocycles. The monoisotopic (exact) mass is 449 g/mol. The Labute approximate surface area is 194 Å². The van der Waals surface area contributed by atoms with Gasteiger partial charge in [0.25, 0.3) is 0 Å². The van der Waals surface area contributed by atoms with Gasteiger partial charge in [-0.25, -0.2) is 0 Å².